The number of carbonyl (C=O) groups is 2. The summed E-state index contributed by atoms with van der Waals surface area (Å²) in [5.41, 5.74) is 0. The van der Waals surface area contributed by atoms with Gasteiger partial charge in [0.05, 0.1) is 7.11 Å². The normalized spacial score (nSPS) is 11.0. The number of carbonyl (C=O) groups excluding carboxylic acids is 2. The van der Waals surface area contributed by atoms with Gasteiger partial charge in [-0.15, -0.1) is 0 Å². The Morgan fingerprint density at radius 2 is 0.879 bits per heavy atom. The Hall–Kier alpha value is -1.06. The second kappa shape index (κ2) is 27.2. The summed E-state index contributed by atoms with van der Waals surface area (Å²) in [4.78, 5) is 22.9. The van der Waals surface area contributed by atoms with Crippen molar-refractivity contribution in [3.8, 4) is 0 Å². The molecule has 33 heavy (non-hydrogen) atoms. The number of hydrogen-bond acceptors (Lipinski definition) is 3. The van der Waals surface area contributed by atoms with Crippen molar-refractivity contribution in [1.82, 2.24) is 5.32 Å². The molecule has 4 nitrogen and oxygen atoms in total. The fourth-order valence-corrected chi connectivity index (χ4v) is 4.35. The highest BCUT2D eigenvalue weighted by Gasteiger charge is 2.01. The molecule has 0 aromatic rings. The fraction of sp³-hybridized carbons (Fsp3) is 0.931. The second-order valence-corrected chi connectivity index (χ2v) is 9.85. The molecule has 0 aliphatic rings. The van der Waals surface area contributed by atoms with Crippen LogP contribution >= 0.6 is 0 Å². The number of unbranched alkanes of at least 4 members (excludes halogenated alkanes) is 20. The van der Waals surface area contributed by atoms with Gasteiger partial charge >= 0.3 is 5.97 Å². The van der Waals surface area contributed by atoms with Crippen LogP contribution in [0.15, 0.2) is 0 Å². The first-order valence-electron chi connectivity index (χ1n) is 14.5. The van der Waals surface area contributed by atoms with Crippen molar-refractivity contribution in [1.29, 1.82) is 0 Å². The molecule has 0 aliphatic carbocycles. The summed E-state index contributed by atoms with van der Waals surface area (Å²) in [6.45, 7) is 3.10. The lowest BCUT2D eigenvalue weighted by molar-refractivity contribution is -0.140. The molecule has 0 saturated heterocycles. The van der Waals surface area contributed by atoms with Crippen LogP contribution in [-0.2, 0) is 14.3 Å². The Morgan fingerprint density at radius 1 is 0.515 bits per heavy atom. The van der Waals surface area contributed by atoms with E-state index in [1.807, 2.05) is 0 Å². The maximum atomic E-state index is 11.9. The van der Waals surface area contributed by atoms with Crippen LogP contribution in [0, 0.1) is 0 Å². The molecule has 0 spiro atoms. The van der Waals surface area contributed by atoms with E-state index in [4.69, 9.17) is 0 Å². The van der Waals surface area contributed by atoms with Crippen LogP contribution in [0.1, 0.15) is 161 Å². The highest BCUT2D eigenvalue weighted by Crippen LogP contribution is 2.14. The zero-order valence-corrected chi connectivity index (χ0v) is 22.4. The summed E-state index contributed by atoms with van der Waals surface area (Å²) in [5.74, 6) is 0.127. The van der Waals surface area contributed by atoms with E-state index in [1.165, 1.54) is 123 Å². The van der Waals surface area contributed by atoms with E-state index in [2.05, 4.69) is 17.0 Å². The van der Waals surface area contributed by atoms with Crippen LogP contribution in [0.3, 0.4) is 0 Å². The first-order valence-corrected chi connectivity index (χ1v) is 14.5. The van der Waals surface area contributed by atoms with E-state index in [1.54, 1.807) is 0 Å². The Morgan fingerprint density at radius 3 is 1.30 bits per heavy atom. The Balaban J connectivity index is 3.17. The zero-order valence-electron chi connectivity index (χ0n) is 22.4. The molecule has 0 bridgehead atoms. The third kappa shape index (κ3) is 27.1. The summed E-state index contributed by atoms with van der Waals surface area (Å²) < 4.78 is 4.64. The summed E-state index contributed by atoms with van der Waals surface area (Å²) in [6.07, 6.45) is 29.5. The lowest BCUT2D eigenvalue weighted by atomic mass is 10.0. The molecule has 0 aliphatic heterocycles. The minimum Gasteiger partial charge on any atom is -0.469 e. The maximum Gasteiger partial charge on any atom is 0.305 e. The third-order valence-corrected chi connectivity index (χ3v) is 6.61. The molecule has 0 heterocycles. The summed E-state index contributed by atoms with van der Waals surface area (Å²) in [6, 6.07) is 0. The van der Waals surface area contributed by atoms with Crippen molar-refractivity contribution in [3.63, 3.8) is 0 Å². The molecule has 0 rings (SSSR count). The third-order valence-electron chi connectivity index (χ3n) is 6.61. The van der Waals surface area contributed by atoms with Gasteiger partial charge in [0.2, 0.25) is 5.91 Å². The second-order valence-electron chi connectivity index (χ2n) is 9.85. The summed E-state index contributed by atoms with van der Waals surface area (Å²) in [7, 11) is 1.45. The van der Waals surface area contributed by atoms with Gasteiger partial charge in [0.25, 0.3) is 0 Å². The fourth-order valence-electron chi connectivity index (χ4n) is 4.35. The van der Waals surface area contributed by atoms with Crippen LogP contribution in [0.4, 0.5) is 0 Å². The Labute approximate surface area is 206 Å². The van der Waals surface area contributed by atoms with E-state index in [0.717, 1.165) is 32.2 Å². The van der Waals surface area contributed by atoms with Crippen LogP contribution in [0.2, 0.25) is 0 Å². The van der Waals surface area contributed by atoms with Gasteiger partial charge in [-0.05, 0) is 19.3 Å². The quantitative estimate of drug-likeness (QED) is 0.102. The van der Waals surface area contributed by atoms with Crippen molar-refractivity contribution in [2.45, 2.75) is 161 Å². The largest absolute Gasteiger partial charge is 0.469 e. The van der Waals surface area contributed by atoms with Gasteiger partial charge < -0.3 is 10.1 Å². The monoisotopic (exact) mass is 467 g/mol. The van der Waals surface area contributed by atoms with Crippen LogP contribution in [-0.4, -0.2) is 25.5 Å². The van der Waals surface area contributed by atoms with E-state index in [9.17, 15) is 9.59 Å². The smallest absolute Gasteiger partial charge is 0.305 e. The molecule has 0 fully saturated rings. The standard InChI is InChI=1S/C29H57NO3/c1-3-4-5-6-7-8-9-10-11-12-13-14-16-19-22-25-28(31)30-27-24-21-18-15-17-20-23-26-29(32)33-2/h3-27H2,1-2H3,(H,30,31). The molecule has 196 valence electrons. The topological polar surface area (TPSA) is 55.4 Å². The van der Waals surface area contributed by atoms with Crippen molar-refractivity contribution >= 4 is 11.9 Å². The van der Waals surface area contributed by atoms with Gasteiger partial charge in [0, 0.05) is 19.4 Å². The van der Waals surface area contributed by atoms with Crippen LogP contribution in [0.25, 0.3) is 0 Å². The van der Waals surface area contributed by atoms with E-state index < -0.39 is 0 Å². The zero-order chi connectivity index (χ0) is 24.2. The first kappa shape index (κ1) is 31.9. The molecule has 4 heteroatoms. The minimum atomic E-state index is -0.102. The Kier molecular flexibility index (Phi) is 26.3. The summed E-state index contributed by atoms with van der Waals surface area (Å²) in [5, 5.41) is 3.07. The van der Waals surface area contributed by atoms with Gasteiger partial charge in [-0.3, -0.25) is 9.59 Å². The molecule has 0 aromatic heterocycles. The van der Waals surface area contributed by atoms with Gasteiger partial charge in [0.15, 0.2) is 0 Å². The van der Waals surface area contributed by atoms with Gasteiger partial charge in [-0.2, -0.15) is 0 Å². The van der Waals surface area contributed by atoms with Crippen molar-refractivity contribution in [2.24, 2.45) is 0 Å². The number of ether oxygens (including phenoxy) is 1. The average Bonchev–Trinajstić information content (AvgIpc) is 2.82. The van der Waals surface area contributed by atoms with Gasteiger partial charge in [0.1, 0.15) is 0 Å². The lowest BCUT2D eigenvalue weighted by Gasteiger charge is -2.06. The summed E-state index contributed by atoms with van der Waals surface area (Å²) >= 11 is 0. The highest BCUT2D eigenvalue weighted by atomic mass is 16.5. The minimum absolute atomic E-state index is 0.102. The highest BCUT2D eigenvalue weighted by molar-refractivity contribution is 5.75. The number of methoxy groups -OCH3 is 1. The number of amides is 1. The number of esters is 1. The van der Waals surface area contributed by atoms with Crippen molar-refractivity contribution in [2.75, 3.05) is 13.7 Å². The predicted octanol–water partition coefficient (Wildman–Crippen LogP) is 8.66. The molecule has 0 radical (unpaired) electrons. The molecule has 1 N–H and O–H groups in total. The molecule has 0 saturated carbocycles. The Bertz CT molecular complexity index is 425. The SMILES string of the molecule is CCCCCCCCCCCCCCCCCC(=O)NCCCCCCCCCC(=O)OC. The molecule has 0 aromatic carbocycles. The number of nitrogens with one attached hydrogen (secondary N) is 1. The van der Waals surface area contributed by atoms with Crippen LogP contribution < -0.4 is 5.32 Å². The number of rotatable bonds is 26. The molecular formula is C29H57NO3. The van der Waals surface area contributed by atoms with Crippen molar-refractivity contribution < 1.29 is 14.3 Å². The van der Waals surface area contributed by atoms with Gasteiger partial charge in [-0.1, -0.05) is 129 Å². The van der Waals surface area contributed by atoms with E-state index in [0.29, 0.717) is 12.8 Å². The first-order chi connectivity index (χ1) is 16.2. The lowest BCUT2D eigenvalue weighted by Crippen LogP contribution is -2.23. The molecule has 1 amide bonds. The van der Waals surface area contributed by atoms with Crippen LogP contribution in [0.5, 0.6) is 0 Å². The van der Waals surface area contributed by atoms with Crippen molar-refractivity contribution in [3.05, 3.63) is 0 Å². The van der Waals surface area contributed by atoms with Gasteiger partial charge in [-0.25, -0.2) is 0 Å². The predicted molar refractivity (Wildman–Crippen MR) is 142 cm³/mol. The number of hydrogen-bond donors (Lipinski definition) is 1. The molecule has 0 unspecified atom stereocenters. The maximum absolute atomic E-state index is 11.9. The molecule has 0 atom stereocenters. The average molecular weight is 468 g/mol. The molecular weight excluding hydrogens is 410 g/mol. The van der Waals surface area contributed by atoms with E-state index >= 15 is 0 Å². The van der Waals surface area contributed by atoms with E-state index in [-0.39, 0.29) is 11.9 Å².